The molecule has 1 aromatic carbocycles. The second-order valence-electron chi connectivity index (χ2n) is 7.37. The van der Waals surface area contributed by atoms with Crippen molar-refractivity contribution in [2.24, 2.45) is 11.8 Å². The number of likely N-dealkylation sites (tertiary alicyclic amines) is 1. The van der Waals surface area contributed by atoms with Gasteiger partial charge in [0, 0.05) is 31.1 Å². The van der Waals surface area contributed by atoms with E-state index in [1.165, 1.54) is 19.3 Å². The molecule has 2 amide bonds. The van der Waals surface area contributed by atoms with Crippen LogP contribution in [-0.4, -0.2) is 29.3 Å². The van der Waals surface area contributed by atoms with E-state index in [-0.39, 0.29) is 11.8 Å². The summed E-state index contributed by atoms with van der Waals surface area (Å²) >= 11 is 0. The highest BCUT2D eigenvalue weighted by Gasteiger charge is 2.40. The van der Waals surface area contributed by atoms with E-state index in [9.17, 15) is 9.59 Å². The van der Waals surface area contributed by atoms with Crippen molar-refractivity contribution in [1.82, 2.24) is 10.2 Å². The Morgan fingerprint density at radius 2 is 2.00 bits per heavy atom. The minimum atomic E-state index is 0.0475. The maximum absolute atomic E-state index is 12.4. The number of carbonyl (C=O) groups excluding carboxylic acids is 2. The molecule has 0 aromatic heterocycles. The molecule has 0 spiro atoms. The molecule has 1 aromatic rings. The quantitative estimate of drug-likeness (QED) is 0.929. The van der Waals surface area contributed by atoms with Crippen LogP contribution >= 0.6 is 0 Å². The van der Waals surface area contributed by atoms with Crippen molar-refractivity contribution in [2.75, 3.05) is 6.54 Å². The number of nitrogens with zero attached hydrogens (tertiary/aromatic N) is 1. The molecule has 0 unspecified atom stereocenters. The van der Waals surface area contributed by atoms with Gasteiger partial charge in [0.15, 0.2) is 0 Å². The van der Waals surface area contributed by atoms with E-state index in [0.29, 0.717) is 24.9 Å². The Bertz CT molecular complexity index is 610. The Balaban J connectivity index is 1.35. The molecule has 2 saturated carbocycles. The van der Waals surface area contributed by atoms with Crippen LogP contribution in [0.15, 0.2) is 24.3 Å². The van der Waals surface area contributed by atoms with Crippen LogP contribution in [0.3, 0.4) is 0 Å². The standard InChI is InChI=1S/C19H24N2O2/c22-18-2-1-9-21(18)12-13-3-6-15(7-4-13)19(23)20-17-11-14-5-8-16(17)10-14/h3-4,6-7,14,16-17H,1-2,5,8-12H2,(H,20,23)/t14-,16+,17+/m0/s1. The molecule has 1 heterocycles. The zero-order valence-corrected chi connectivity index (χ0v) is 13.5. The van der Waals surface area contributed by atoms with Crippen LogP contribution in [0.2, 0.25) is 0 Å². The van der Waals surface area contributed by atoms with E-state index in [1.54, 1.807) is 0 Å². The lowest BCUT2D eigenvalue weighted by molar-refractivity contribution is -0.128. The number of carbonyl (C=O) groups is 2. The van der Waals surface area contributed by atoms with Crippen LogP contribution in [0.4, 0.5) is 0 Å². The maximum atomic E-state index is 12.4. The Morgan fingerprint density at radius 1 is 1.17 bits per heavy atom. The second kappa shape index (κ2) is 5.99. The average Bonchev–Trinajstić information content (AvgIpc) is 3.26. The van der Waals surface area contributed by atoms with Crippen molar-refractivity contribution in [2.45, 2.75) is 51.1 Å². The van der Waals surface area contributed by atoms with E-state index >= 15 is 0 Å². The first-order valence-electron chi connectivity index (χ1n) is 8.86. The molecule has 3 fully saturated rings. The van der Waals surface area contributed by atoms with Crippen LogP contribution in [0.5, 0.6) is 0 Å². The minimum Gasteiger partial charge on any atom is -0.349 e. The number of nitrogens with one attached hydrogen (secondary N) is 1. The van der Waals surface area contributed by atoms with E-state index in [2.05, 4.69) is 5.32 Å². The molecule has 4 heteroatoms. The Hall–Kier alpha value is -1.84. The van der Waals surface area contributed by atoms with Crippen molar-refractivity contribution in [3.05, 3.63) is 35.4 Å². The molecule has 122 valence electrons. The monoisotopic (exact) mass is 312 g/mol. The molecular weight excluding hydrogens is 288 g/mol. The normalized spacial score (nSPS) is 29.3. The molecule has 2 bridgehead atoms. The fraction of sp³-hybridized carbons (Fsp3) is 0.579. The number of fused-ring (bicyclic) bond motifs is 2. The minimum absolute atomic E-state index is 0.0475. The Morgan fingerprint density at radius 3 is 2.61 bits per heavy atom. The van der Waals surface area contributed by atoms with E-state index in [4.69, 9.17) is 0 Å². The lowest BCUT2D eigenvalue weighted by Gasteiger charge is -2.23. The van der Waals surface area contributed by atoms with Gasteiger partial charge in [-0.3, -0.25) is 9.59 Å². The molecule has 4 nitrogen and oxygen atoms in total. The fourth-order valence-corrected chi connectivity index (χ4v) is 4.53. The maximum Gasteiger partial charge on any atom is 0.251 e. The Labute approximate surface area is 137 Å². The summed E-state index contributed by atoms with van der Waals surface area (Å²) in [5.74, 6) is 1.82. The first kappa shape index (κ1) is 14.7. The summed E-state index contributed by atoms with van der Waals surface area (Å²) in [7, 11) is 0. The molecule has 3 atom stereocenters. The summed E-state index contributed by atoms with van der Waals surface area (Å²) in [6, 6.07) is 8.10. The van der Waals surface area contributed by atoms with Gasteiger partial charge in [-0.15, -0.1) is 0 Å². The molecule has 23 heavy (non-hydrogen) atoms. The van der Waals surface area contributed by atoms with Gasteiger partial charge in [-0.05, 0) is 55.2 Å². The number of amides is 2. The van der Waals surface area contributed by atoms with Gasteiger partial charge < -0.3 is 10.2 Å². The molecule has 1 aliphatic heterocycles. The largest absolute Gasteiger partial charge is 0.349 e. The molecule has 2 aliphatic carbocycles. The zero-order valence-electron chi connectivity index (χ0n) is 13.5. The Kier molecular flexibility index (Phi) is 3.83. The van der Waals surface area contributed by atoms with Crippen LogP contribution < -0.4 is 5.32 Å². The lowest BCUT2D eigenvalue weighted by atomic mass is 9.95. The third kappa shape index (κ3) is 2.99. The molecule has 3 aliphatic rings. The summed E-state index contributed by atoms with van der Waals surface area (Å²) in [5, 5.41) is 3.22. The van der Waals surface area contributed by atoms with E-state index in [0.717, 1.165) is 36.4 Å². The van der Waals surface area contributed by atoms with Crippen LogP contribution in [0, 0.1) is 11.8 Å². The second-order valence-corrected chi connectivity index (χ2v) is 7.37. The van der Waals surface area contributed by atoms with Crippen molar-refractivity contribution in [1.29, 1.82) is 0 Å². The highest BCUT2D eigenvalue weighted by Crippen LogP contribution is 2.44. The molecule has 1 N–H and O–H groups in total. The van der Waals surface area contributed by atoms with Crippen molar-refractivity contribution < 1.29 is 9.59 Å². The number of rotatable bonds is 4. The predicted molar refractivity (Wildman–Crippen MR) is 87.8 cm³/mol. The van der Waals surface area contributed by atoms with Gasteiger partial charge >= 0.3 is 0 Å². The smallest absolute Gasteiger partial charge is 0.251 e. The van der Waals surface area contributed by atoms with Crippen molar-refractivity contribution in [3.63, 3.8) is 0 Å². The first-order chi connectivity index (χ1) is 11.2. The van der Waals surface area contributed by atoms with Gasteiger partial charge in [0.25, 0.3) is 5.91 Å². The van der Waals surface area contributed by atoms with Crippen molar-refractivity contribution >= 4 is 11.8 Å². The molecule has 0 radical (unpaired) electrons. The third-order valence-electron chi connectivity index (χ3n) is 5.82. The van der Waals surface area contributed by atoms with Gasteiger partial charge in [-0.2, -0.15) is 0 Å². The van der Waals surface area contributed by atoms with Crippen LogP contribution in [0.25, 0.3) is 0 Å². The molecule has 1 saturated heterocycles. The summed E-state index contributed by atoms with van der Waals surface area (Å²) in [6.07, 6.45) is 6.71. The lowest BCUT2D eigenvalue weighted by Crippen LogP contribution is -2.38. The summed E-state index contributed by atoms with van der Waals surface area (Å²) in [5.41, 5.74) is 1.82. The third-order valence-corrected chi connectivity index (χ3v) is 5.82. The highest BCUT2D eigenvalue weighted by molar-refractivity contribution is 5.94. The summed E-state index contributed by atoms with van der Waals surface area (Å²) < 4.78 is 0. The fourth-order valence-electron chi connectivity index (χ4n) is 4.53. The van der Waals surface area contributed by atoms with Gasteiger partial charge in [0.05, 0.1) is 0 Å². The van der Waals surface area contributed by atoms with Gasteiger partial charge in [0.1, 0.15) is 0 Å². The zero-order chi connectivity index (χ0) is 15.8. The first-order valence-corrected chi connectivity index (χ1v) is 8.86. The van der Waals surface area contributed by atoms with Crippen LogP contribution in [-0.2, 0) is 11.3 Å². The van der Waals surface area contributed by atoms with Gasteiger partial charge in [0.2, 0.25) is 5.91 Å². The van der Waals surface area contributed by atoms with Gasteiger partial charge in [-0.25, -0.2) is 0 Å². The van der Waals surface area contributed by atoms with Crippen LogP contribution in [0.1, 0.15) is 54.4 Å². The molecule has 4 rings (SSSR count). The average molecular weight is 312 g/mol. The van der Waals surface area contributed by atoms with E-state index in [1.807, 2.05) is 29.2 Å². The van der Waals surface area contributed by atoms with Crippen molar-refractivity contribution in [3.8, 4) is 0 Å². The topological polar surface area (TPSA) is 49.4 Å². The number of benzene rings is 1. The number of hydrogen-bond acceptors (Lipinski definition) is 2. The SMILES string of the molecule is O=C(N[C@@H]1C[C@H]2CC[C@@H]1C2)c1ccc(CN2CCCC2=O)cc1. The predicted octanol–water partition coefficient (Wildman–Crippen LogP) is 2.73. The number of hydrogen-bond donors (Lipinski definition) is 1. The molecular formula is C19H24N2O2. The van der Waals surface area contributed by atoms with Gasteiger partial charge in [-0.1, -0.05) is 18.6 Å². The summed E-state index contributed by atoms with van der Waals surface area (Å²) in [6.45, 7) is 1.51. The summed E-state index contributed by atoms with van der Waals surface area (Å²) in [4.78, 5) is 26.0. The van der Waals surface area contributed by atoms with E-state index < -0.39 is 0 Å². The highest BCUT2D eigenvalue weighted by atomic mass is 16.2.